The summed E-state index contributed by atoms with van der Waals surface area (Å²) in [7, 11) is -2.53. The molecule has 0 saturated heterocycles. The molecule has 0 spiro atoms. The van der Waals surface area contributed by atoms with Crippen LogP contribution < -0.4 is 5.32 Å². The molecule has 2 aromatic rings. The van der Waals surface area contributed by atoms with E-state index >= 15 is 0 Å². The van der Waals surface area contributed by atoms with E-state index in [1.165, 1.54) is 19.2 Å². The minimum atomic E-state index is -3.86. The second kappa shape index (κ2) is 8.42. The predicted octanol–water partition coefficient (Wildman–Crippen LogP) is 3.02. The molecule has 0 aromatic heterocycles. The van der Waals surface area contributed by atoms with Gasteiger partial charge in [0.05, 0.1) is 17.5 Å². The summed E-state index contributed by atoms with van der Waals surface area (Å²) in [5, 5.41) is 2.86. The van der Waals surface area contributed by atoms with E-state index in [1.54, 1.807) is 0 Å². The highest BCUT2D eigenvalue weighted by Gasteiger charge is 2.24. The van der Waals surface area contributed by atoms with E-state index in [0.29, 0.717) is 6.42 Å². The SMILES string of the molecule is CC[C@H](NC(=O)CN(C)S(=O)(=O)c1ccc(F)cc1)c1ccc(C)cc1. The Labute approximate surface area is 153 Å². The van der Waals surface area contributed by atoms with Gasteiger partial charge in [-0.15, -0.1) is 0 Å². The van der Waals surface area contributed by atoms with E-state index < -0.39 is 21.7 Å². The van der Waals surface area contributed by atoms with Crippen molar-refractivity contribution in [3.63, 3.8) is 0 Å². The second-order valence-electron chi connectivity index (χ2n) is 6.15. The van der Waals surface area contributed by atoms with Gasteiger partial charge < -0.3 is 5.32 Å². The van der Waals surface area contributed by atoms with Crippen LogP contribution in [-0.2, 0) is 14.8 Å². The maximum atomic E-state index is 13.0. The maximum Gasteiger partial charge on any atom is 0.243 e. The Morgan fingerprint density at radius 3 is 2.23 bits per heavy atom. The molecule has 26 heavy (non-hydrogen) atoms. The van der Waals surface area contributed by atoms with Crippen molar-refractivity contribution < 1.29 is 17.6 Å². The van der Waals surface area contributed by atoms with Crippen LogP contribution in [0.3, 0.4) is 0 Å². The van der Waals surface area contributed by atoms with Crippen LogP contribution in [0.1, 0.15) is 30.5 Å². The Morgan fingerprint density at radius 2 is 1.69 bits per heavy atom. The van der Waals surface area contributed by atoms with Crippen molar-refractivity contribution in [1.29, 1.82) is 0 Å². The lowest BCUT2D eigenvalue weighted by molar-refractivity contribution is -0.121. The number of sulfonamides is 1. The zero-order chi connectivity index (χ0) is 19.3. The van der Waals surface area contributed by atoms with Crippen LogP contribution in [-0.4, -0.2) is 32.2 Å². The van der Waals surface area contributed by atoms with Crippen LogP contribution in [0, 0.1) is 12.7 Å². The third kappa shape index (κ3) is 4.89. The lowest BCUT2D eigenvalue weighted by atomic mass is 10.0. The molecule has 5 nitrogen and oxygen atoms in total. The molecule has 0 heterocycles. The molecule has 1 amide bonds. The van der Waals surface area contributed by atoms with Crippen molar-refractivity contribution in [2.75, 3.05) is 13.6 Å². The van der Waals surface area contributed by atoms with Gasteiger partial charge in [-0.3, -0.25) is 4.79 Å². The zero-order valence-electron chi connectivity index (χ0n) is 15.1. The minimum Gasteiger partial charge on any atom is -0.348 e. The van der Waals surface area contributed by atoms with Gasteiger partial charge in [0.15, 0.2) is 0 Å². The van der Waals surface area contributed by atoms with Crippen LogP contribution >= 0.6 is 0 Å². The topological polar surface area (TPSA) is 66.5 Å². The lowest BCUT2D eigenvalue weighted by Gasteiger charge is -2.21. The summed E-state index contributed by atoms with van der Waals surface area (Å²) in [4.78, 5) is 12.3. The number of halogens is 1. The number of benzene rings is 2. The van der Waals surface area contributed by atoms with Gasteiger partial charge in [-0.05, 0) is 43.2 Å². The molecule has 140 valence electrons. The van der Waals surface area contributed by atoms with Gasteiger partial charge in [0.25, 0.3) is 0 Å². The first-order chi connectivity index (χ1) is 12.2. The van der Waals surface area contributed by atoms with Crippen LogP contribution in [0.15, 0.2) is 53.4 Å². The van der Waals surface area contributed by atoms with Crippen molar-refractivity contribution in [2.24, 2.45) is 0 Å². The van der Waals surface area contributed by atoms with Gasteiger partial charge in [-0.1, -0.05) is 36.8 Å². The summed E-state index contributed by atoms with van der Waals surface area (Å²) in [5.41, 5.74) is 2.09. The number of likely N-dealkylation sites (N-methyl/N-ethyl adjacent to an activating group) is 1. The predicted molar refractivity (Wildman–Crippen MR) is 98.6 cm³/mol. The normalized spacial score (nSPS) is 12.8. The molecular weight excluding hydrogens is 355 g/mol. The van der Waals surface area contributed by atoms with Gasteiger partial charge >= 0.3 is 0 Å². The third-order valence-electron chi connectivity index (χ3n) is 4.11. The summed E-state index contributed by atoms with van der Waals surface area (Å²) in [6.45, 7) is 3.62. The van der Waals surface area contributed by atoms with Gasteiger partial charge in [-0.2, -0.15) is 4.31 Å². The monoisotopic (exact) mass is 378 g/mol. The number of hydrogen-bond donors (Lipinski definition) is 1. The van der Waals surface area contributed by atoms with E-state index in [4.69, 9.17) is 0 Å². The highest BCUT2D eigenvalue weighted by Crippen LogP contribution is 2.18. The number of carbonyl (C=O) groups excluding carboxylic acids is 1. The fourth-order valence-electron chi connectivity index (χ4n) is 2.53. The van der Waals surface area contributed by atoms with Gasteiger partial charge in [-0.25, -0.2) is 12.8 Å². The van der Waals surface area contributed by atoms with Crippen LogP contribution in [0.5, 0.6) is 0 Å². The van der Waals surface area contributed by atoms with Crippen LogP contribution in [0.2, 0.25) is 0 Å². The third-order valence-corrected chi connectivity index (χ3v) is 5.93. The first kappa shape index (κ1) is 20.1. The number of hydrogen-bond acceptors (Lipinski definition) is 3. The number of nitrogens with zero attached hydrogens (tertiary/aromatic N) is 1. The van der Waals surface area contributed by atoms with Crippen molar-refractivity contribution in [3.8, 4) is 0 Å². The average Bonchev–Trinajstić information content (AvgIpc) is 2.60. The van der Waals surface area contributed by atoms with Gasteiger partial charge in [0.1, 0.15) is 5.82 Å². The number of carbonyl (C=O) groups is 1. The Kier molecular flexibility index (Phi) is 6.50. The molecular formula is C19H23FN2O3S. The van der Waals surface area contributed by atoms with Gasteiger partial charge in [0.2, 0.25) is 15.9 Å². The van der Waals surface area contributed by atoms with Crippen LogP contribution in [0.4, 0.5) is 4.39 Å². The maximum absolute atomic E-state index is 13.0. The fraction of sp³-hybridized carbons (Fsp3) is 0.316. The highest BCUT2D eigenvalue weighted by molar-refractivity contribution is 7.89. The molecule has 0 unspecified atom stereocenters. The Hall–Kier alpha value is -2.25. The van der Waals surface area contributed by atoms with E-state index in [1.807, 2.05) is 38.1 Å². The lowest BCUT2D eigenvalue weighted by Crippen LogP contribution is -2.39. The molecule has 7 heteroatoms. The summed E-state index contributed by atoms with van der Waals surface area (Å²) in [5.74, 6) is -0.918. The van der Waals surface area contributed by atoms with E-state index in [2.05, 4.69) is 5.32 Å². The van der Waals surface area contributed by atoms with E-state index in [9.17, 15) is 17.6 Å². The molecule has 0 fully saturated rings. The summed E-state index contributed by atoms with van der Waals surface area (Å²) < 4.78 is 38.9. The van der Waals surface area contributed by atoms with Crippen molar-refractivity contribution in [1.82, 2.24) is 9.62 Å². The quantitative estimate of drug-likeness (QED) is 0.805. The number of nitrogens with one attached hydrogen (secondary N) is 1. The Bertz CT molecular complexity index is 849. The number of rotatable bonds is 7. The van der Waals surface area contributed by atoms with Crippen molar-refractivity contribution >= 4 is 15.9 Å². The number of aryl methyl sites for hydroxylation is 1. The molecule has 0 bridgehead atoms. The highest BCUT2D eigenvalue weighted by atomic mass is 32.2. The summed E-state index contributed by atoms with van der Waals surface area (Å²) in [6.07, 6.45) is 0.684. The molecule has 0 aliphatic rings. The molecule has 2 aromatic carbocycles. The second-order valence-corrected chi connectivity index (χ2v) is 8.20. The molecule has 1 N–H and O–H groups in total. The van der Waals surface area contributed by atoms with Crippen molar-refractivity contribution in [2.45, 2.75) is 31.2 Å². The molecule has 0 saturated carbocycles. The summed E-state index contributed by atoms with van der Waals surface area (Å²) in [6, 6.07) is 12.2. The zero-order valence-corrected chi connectivity index (χ0v) is 15.9. The number of amides is 1. The standard InChI is InChI=1S/C19H23FN2O3S/c1-4-18(15-7-5-14(2)6-8-15)21-19(23)13-22(3)26(24,25)17-11-9-16(20)10-12-17/h5-12,18H,4,13H2,1-3H3,(H,21,23)/t18-/m0/s1. The molecule has 0 radical (unpaired) electrons. The Balaban J connectivity index is 2.05. The fourth-order valence-corrected chi connectivity index (χ4v) is 3.66. The largest absolute Gasteiger partial charge is 0.348 e. The minimum absolute atomic E-state index is 0.0558. The molecule has 2 rings (SSSR count). The average molecular weight is 378 g/mol. The molecule has 1 atom stereocenters. The Morgan fingerprint density at radius 1 is 1.12 bits per heavy atom. The van der Waals surface area contributed by atoms with Crippen molar-refractivity contribution in [3.05, 3.63) is 65.5 Å². The first-order valence-electron chi connectivity index (χ1n) is 8.32. The van der Waals surface area contributed by atoms with Gasteiger partial charge in [0, 0.05) is 7.05 Å². The summed E-state index contributed by atoms with van der Waals surface area (Å²) >= 11 is 0. The van der Waals surface area contributed by atoms with Crippen LogP contribution in [0.25, 0.3) is 0 Å². The molecule has 0 aliphatic carbocycles. The van der Waals surface area contributed by atoms with E-state index in [-0.39, 0.29) is 17.5 Å². The smallest absolute Gasteiger partial charge is 0.243 e. The van der Waals surface area contributed by atoms with E-state index in [0.717, 1.165) is 27.6 Å². The molecule has 0 aliphatic heterocycles. The first-order valence-corrected chi connectivity index (χ1v) is 9.76.